The predicted molar refractivity (Wildman–Crippen MR) is 77.7 cm³/mol. The van der Waals surface area contributed by atoms with Gasteiger partial charge in [0.1, 0.15) is 12.4 Å². The van der Waals surface area contributed by atoms with Gasteiger partial charge in [0.25, 0.3) is 0 Å². The summed E-state index contributed by atoms with van der Waals surface area (Å²) in [5.41, 5.74) is 1.27. The third-order valence-corrected chi connectivity index (χ3v) is 3.97. The number of hydrogen-bond acceptors (Lipinski definition) is 4. The Bertz CT molecular complexity index is 688. The summed E-state index contributed by atoms with van der Waals surface area (Å²) in [7, 11) is 0. The molecule has 1 aromatic carbocycles. The van der Waals surface area contributed by atoms with Gasteiger partial charge in [-0.05, 0) is 35.8 Å². The Hall–Kier alpha value is -1.96. The standard InChI is InChI=1S/C13H13BrFN3O3/c1-3-17-11(13(14)8(2)16-17)7-21-12-6-9(15)4-5-10(12)18(19)20/h4-6H,3,7H2,1-2H3. The van der Waals surface area contributed by atoms with Crippen LogP contribution in [0.5, 0.6) is 5.75 Å². The van der Waals surface area contributed by atoms with E-state index in [-0.39, 0.29) is 18.0 Å². The van der Waals surface area contributed by atoms with Crippen LogP contribution in [-0.4, -0.2) is 14.7 Å². The number of nitrogens with zero attached hydrogens (tertiary/aromatic N) is 3. The SMILES string of the molecule is CCn1nc(C)c(Br)c1COc1cc(F)ccc1[N+](=O)[O-]. The van der Waals surface area contributed by atoms with Crippen LogP contribution in [0, 0.1) is 22.9 Å². The van der Waals surface area contributed by atoms with Crippen molar-refractivity contribution < 1.29 is 14.1 Å². The zero-order valence-electron chi connectivity index (χ0n) is 11.5. The lowest BCUT2D eigenvalue weighted by molar-refractivity contribution is -0.386. The second-order valence-electron chi connectivity index (χ2n) is 4.32. The Labute approximate surface area is 128 Å². The molecule has 0 radical (unpaired) electrons. The number of hydrogen-bond donors (Lipinski definition) is 0. The molecule has 0 spiro atoms. The van der Waals surface area contributed by atoms with Gasteiger partial charge in [-0.25, -0.2) is 4.39 Å². The fourth-order valence-electron chi connectivity index (χ4n) is 1.91. The summed E-state index contributed by atoms with van der Waals surface area (Å²) in [6.07, 6.45) is 0. The van der Waals surface area contributed by atoms with Crippen LogP contribution in [-0.2, 0) is 13.2 Å². The van der Waals surface area contributed by atoms with Gasteiger partial charge in [-0.3, -0.25) is 14.8 Å². The maximum atomic E-state index is 13.2. The summed E-state index contributed by atoms with van der Waals surface area (Å²) < 4.78 is 21.2. The molecule has 112 valence electrons. The lowest BCUT2D eigenvalue weighted by Gasteiger charge is -2.09. The minimum atomic E-state index is -0.605. The molecule has 0 saturated carbocycles. The summed E-state index contributed by atoms with van der Waals surface area (Å²) in [6.45, 7) is 4.45. The molecule has 0 fully saturated rings. The third kappa shape index (κ3) is 3.21. The monoisotopic (exact) mass is 357 g/mol. The molecule has 0 N–H and O–H groups in total. The number of aromatic nitrogens is 2. The molecule has 0 saturated heterocycles. The quantitative estimate of drug-likeness (QED) is 0.605. The average Bonchev–Trinajstić information content (AvgIpc) is 2.71. The highest BCUT2D eigenvalue weighted by atomic mass is 79.9. The molecule has 0 amide bonds. The van der Waals surface area contributed by atoms with Crippen LogP contribution in [0.3, 0.4) is 0 Å². The summed E-state index contributed by atoms with van der Waals surface area (Å²) in [5.74, 6) is -0.691. The van der Waals surface area contributed by atoms with Crippen LogP contribution < -0.4 is 4.74 Å². The number of ether oxygens (including phenoxy) is 1. The van der Waals surface area contributed by atoms with Crippen molar-refractivity contribution in [2.45, 2.75) is 27.0 Å². The molecule has 2 aromatic rings. The van der Waals surface area contributed by atoms with Crippen molar-refractivity contribution in [1.82, 2.24) is 9.78 Å². The Balaban J connectivity index is 2.28. The summed E-state index contributed by atoms with van der Waals surface area (Å²) in [6, 6.07) is 3.12. The largest absolute Gasteiger partial charge is 0.480 e. The van der Waals surface area contributed by atoms with Crippen molar-refractivity contribution in [3.05, 3.63) is 50.0 Å². The Morgan fingerprint density at radius 1 is 1.52 bits per heavy atom. The Morgan fingerprint density at radius 2 is 2.24 bits per heavy atom. The second-order valence-corrected chi connectivity index (χ2v) is 5.11. The summed E-state index contributed by atoms with van der Waals surface area (Å²) >= 11 is 3.41. The molecule has 0 aliphatic rings. The van der Waals surface area contributed by atoms with E-state index >= 15 is 0 Å². The second kappa shape index (κ2) is 6.21. The van der Waals surface area contributed by atoms with E-state index in [0.29, 0.717) is 6.54 Å². The maximum Gasteiger partial charge on any atom is 0.311 e. The topological polar surface area (TPSA) is 70.2 Å². The van der Waals surface area contributed by atoms with E-state index in [1.165, 1.54) is 0 Å². The molecule has 0 bridgehead atoms. The van der Waals surface area contributed by atoms with Crippen LogP contribution in [0.1, 0.15) is 18.3 Å². The van der Waals surface area contributed by atoms with Gasteiger partial charge in [0, 0.05) is 18.7 Å². The molecule has 8 heteroatoms. The average molecular weight is 358 g/mol. The van der Waals surface area contributed by atoms with Crippen molar-refractivity contribution in [2.75, 3.05) is 0 Å². The van der Waals surface area contributed by atoms with Gasteiger partial charge in [0.15, 0.2) is 5.75 Å². The fourth-order valence-corrected chi connectivity index (χ4v) is 2.31. The van der Waals surface area contributed by atoms with E-state index in [4.69, 9.17) is 4.74 Å². The van der Waals surface area contributed by atoms with Crippen LogP contribution >= 0.6 is 15.9 Å². The van der Waals surface area contributed by atoms with Gasteiger partial charge in [0.05, 0.1) is 20.8 Å². The van der Waals surface area contributed by atoms with Gasteiger partial charge in [-0.15, -0.1) is 0 Å². The van der Waals surface area contributed by atoms with E-state index in [1.54, 1.807) is 4.68 Å². The highest BCUT2D eigenvalue weighted by Gasteiger charge is 2.18. The number of halogens is 2. The summed E-state index contributed by atoms with van der Waals surface area (Å²) in [5, 5.41) is 15.2. The fraction of sp³-hybridized carbons (Fsp3) is 0.308. The van der Waals surface area contributed by atoms with Crippen molar-refractivity contribution in [3.63, 3.8) is 0 Å². The van der Waals surface area contributed by atoms with Crippen molar-refractivity contribution >= 4 is 21.6 Å². The van der Waals surface area contributed by atoms with Gasteiger partial charge in [-0.2, -0.15) is 5.10 Å². The Kier molecular flexibility index (Phi) is 4.56. The van der Waals surface area contributed by atoms with E-state index in [9.17, 15) is 14.5 Å². The first-order chi connectivity index (χ1) is 9.93. The molecule has 0 aliphatic heterocycles. The van der Waals surface area contributed by atoms with E-state index in [1.807, 2.05) is 13.8 Å². The molecule has 1 aromatic heterocycles. The normalized spacial score (nSPS) is 10.7. The van der Waals surface area contributed by atoms with Crippen LogP contribution in [0.2, 0.25) is 0 Å². The molecule has 0 unspecified atom stereocenters. The predicted octanol–water partition coefficient (Wildman–Crippen LogP) is 3.60. The van der Waals surface area contributed by atoms with Crippen LogP contribution in [0.25, 0.3) is 0 Å². The molecule has 1 heterocycles. The smallest absolute Gasteiger partial charge is 0.311 e. The number of nitro benzene ring substituents is 1. The van der Waals surface area contributed by atoms with Crippen molar-refractivity contribution in [2.24, 2.45) is 0 Å². The zero-order chi connectivity index (χ0) is 15.6. The van der Waals surface area contributed by atoms with Crippen LogP contribution in [0.15, 0.2) is 22.7 Å². The molecule has 0 aliphatic carbocycles. The van der Waals surface area contributed by atoms with Crippen molar-refractivity contribution in [3.8, 4) is 5.75 Å². The first kappa shape index (κ1) is 15.4. The molecule has 2 rings (SSSR count). The minimum absolute atomic E-state index is 0.0551. The number of aryl methyl sites for hydroxylation is 2. The van der Waals surface area contributed by atoms with E-state index in [2.05, 4.69) is 21.0 Å². The number of rotatable bonds is 5. The Morgan fingerprint density at radius 3 is 2.86 bits per heavy atom. The minimum Gasteiger partial charge on any atom is -0.480 e. The van der Waals surface area contributed by atoms with Gasteiger partial charge in [0.2, 0.25) is 0 Å². The maximum absolute atomic E-state index is 13.2. The molecule has 6 nitrogen and oxygen atoms in total. The molecule has 0 atom stereocenters. The molecular weight excluding hydrogens is 345 g/mol. The number of nitro groups is 1. The lowest BCUT2D eigenvalue weighted by atomic mass is 10.3. The van der Waals surface area contributed by atoms with E-state index in [0.717, 1.165) is 34.1 Å². The third-order valence-electron chi connectivity index (χ3n) is 2.94. The van der Waals surface area contributed by atoms with Crippen molar-refractivity contribution in [1.29, 1.82) is 0 Å². The zero-order valence-corrected chi connectivity index (χ0v) is 13.1. The molecular formula is C13H13BrFN3O3. The first-order valence-electron chi connectivity index (χ1n) is 6.22. The van der Waals surface area contributed by atoms with E-state index < -0.39 is 10.7 Å². The molecule has 21 heavy (non-hydrogen) atoms. The van der Waals surface area contributed by atoms with Gasteiger partial charge in [-0.1, -0.05) is 0 Å². The highest BCUT2D eigenvalue weighted by Crippen LogP contribution is 2.29. The van der Waals surface area contributed by atoms with Crippen LogP contribution in [0.4, 0.5) is 10.1 Å². The van der Waals surface area contributed by atoms with Gasteiger partial charge < -0.3 is 4.74 Å². The summed E-state index contributed by atoms with van der Waals surface area (Å²) in [4.78, 5) is 10.3. The highest BCUT2D eigenvalue weighted by molar-refractivity contribution is 9.10. The lowest BCUT2D eigenvalue weighted by Crippen LogP contribution is -2.07. The van der Waals surface area contributed by atoms with Gasteiger partial charge >= 0.3 is 5.69 Å². The first-order valence-corrected chi connectivity index (χ1v) is 7.01. The number of benzene rings is 1.